The number of fused-ring (bicyclic) bond motifs is 1. The molecule has 112 valence electrons. The highest BCUT2D eigenvalue weighted by atomic mass is 19.2. The van der Waals surface area contributed by atoms with Crippen LogP contribution in [0.2, 0.25) is 0 Å². The number of nitrogens with zero attached hydrogens (tertiary/aromatic N) is 1. The van der Waals surface area contributed by atoms with Gasteiger partial charge in [-0.15, -0.1) is 0 Å². The summed E-state index contributed by atoms with van der Waals surface area (Å²) in [5, 5.41) is 8.55. The van der Waals surface area contributed by atoms with Gasteiger partial charge >= 0.3 is 0 Å². The van der Waals surface area contributed by atoms with Gasteiger partial charge in [0.15, 0.2) is 11.6 Å². The van der Waals surface area contributed by atoms with Crippen molar-refractivity contribution in [1.82, 2.24) is 15.4 Å². The minimum Gasteiger partial charge on any atom is -0.338 e. The predicted octanol–water partition coefficient (Wildman–Crippen LogP) is 2.77. The Kier molecular flexibility index (Phi) is 3.30. The number of benzene rings is 2. The van der Waals surface area contributed by atoms with Crippen molar-refractivity contribution in [1.29, 1.82) is 0 Å². The van der Waals surface area contributed by atoms with Gasteiger partial charge in [0.05, 0.1) is 22.2 Å². The van der Waals surface area contributed by atoms with Crippen LogP contribution in [0.5, 0.6) is 0 Å². The summed E-state index contributed by atoms with van der Waals surface area (Å²) in [4.78, 5) is 18.0. The first-order chi connectivity index (χ1) is 10.5. The summed E-state index contributed by atoms with van der Waals surface area (Å²) in [6.45, 7) is 0. The molecule has 1 heterocycles. The molecule has 3 rings (SSSR count). The van der Waals surface area contributed by atoms with Crippen LogP contribution in [0.1, 0.15) is 10.4 Å². The van der Waals surface area contributed by atoms with Crippen LogP contribution in [0.3, 0.4) is 0 Å². The monoisotopic (exact) mass is 307 g/mol. The number of rotatable bonds is 2. The van der Waals surface area contributed by atoms with Crippen molar-refractivity contribution in [3.8, 4) is 11.4 Å². The van der Waals surface area contributed by atoms with Gasteiger partial charge in [-0.25, -0.2) is 23.6 Å². The topological polar surface area (TPSA) is 78.0 Å². The van der Waals surface area contributed by atoms with Crippen LogP contribution in [0, 0.1) is 17.5 Å². The quantitative estimate of drug-likeness (QED) is 0.503. The SMILES string of the molecule is O=C(NO)c1cc2nc(-c3cccc(F)c3F)[nH]c2cc1F. The number of halogens is 3. The van der Waals surface area contributed by atoms with Gasteiger partial charge in [-0.1, -0.05) is 6.07 Å². The molecule has 8 heteroatoms. The summed E-state index contributed by atoms with van der Waals surface area (Å²) in [7, 11) is 0. The molecule has 0 spiro atoms. The molecule has 1 aromatic heterocycles. The van der Waals surface area contributed by atoms with E-state index in [1.54, 1.807) is 0 Å². The van der Waals surface area contributed by atoms with Gasteiger partial charge in [-0.05, 0) is 18.2 Å². The predicted molar refractivity (Wildman–Crippen MR) is 70.7 cm³/mol. The van der Waals surface area contributed by atoms with Crippen LogP contribution in [-0.4, -0.2) is 21.1 Å². The number of hydrogen-bond acceptors (Lipinski definition) is 3. The van der Waals surface area contributed by atoms with E-state index in [0.29, 0.717) is 0 Å². The summed E-state index contributed by atoms with van der Waals surface area (Å²) in [6.07, 6.45) is 0. The van der Waals surface area contributed by atoms with E-state index in [2.05, 4.69) is 9.97 Å². The van der Waals surface area contributed by atoms with Crippen LogP contribution in [0.15, 0.2) is 30.3 Å². The first-order valence-electron chi connectivity index (χ1n) is 6.09. The van der Waals surface area contributed by atoms with E-state index >= 15 is 0 Å². The summed E-state index contributed by atoms with van der Waals surface area (Å²) >= 11 is 0. The molecule has 0 aliphatic heterocycles. The summed E-state index contributed by atoms with van der Waals surface area (Å²) < 4.78 is 40.8. The molecule has 0 aliphatic carbocycles. The average molecular weight is 307 g/mol. The van der Waals surface area contributed by atoms with E-state index in [1.165, 1.54) is 17.6 Å². The molecule has 2 aromatic carbocycles. The molecule has 5 nitrogen and oxygen atoms in total. The molecule has 0 aliphatic rings. The van der Waals surface area contributed by atoms with E-state index in [-0.39, 0.29) is 22.4 Å². The summed E-state index contributed by atoms with van der Waals surface area (Å²) in [5.74, 6) is -4.07. The van der Waals surface area contributed by atoms with Gasteiger partial charge in [0.2, 0.25) is 0 Å². The fourth-order valence-corrected chi connectivity index (χ4v) is 2.08. The lowest BCUT2D eigenvalue weighted by atomic mass is 10.2. The maximum Gasteiger partial charge on any atom is 0.277 e. The highest BCUT2D eigenvalue weighted by Crippen LogP contribution is 2.25. The van der Waals surface area contributed by atoms with Crippen molar-refractivity contribution in [2.24, 2.45) is 0 Å². The molecule has 0 saturated carbocycles. The lowest BCUT2D eigenvalue weighted by molar-refractivity contribution is 0.0702. The van der Waals surface area contributed by atoms with E-state index in [0.717, 1.165) is 18.2 Å². The Bertz CT molecular complexity index is 892. The number of carbonyl (C=O) groups excluding carboxylic acids is 1. The molecule has 0 fully saturated rings. The zero-order chi connectivity index (χ0) is 15.9. The second-order valence-electron chi connectivity index (χ2n) is 4.48. The molecule has 0 unspecified atom stereocenters. The Morgan fingerprint density at radius 2 is 1.95 bits per heavy atom. The lowest BCUT2D eigenvalue weighted by Gasteiger charge is -1.99. The van der Waals surface area contributed by atoms with E-state index in [9.17, 15) is 18.0 Å². The smallest absolute Gasteiger partial charge is 0.277 e. The third kappa shape index (κ3) is 2.19. The van der Waals surface area contributed by atoms with Gasteiger partial charge in [-0.2, -0.15) is 0 Å². The number of carbonyl (C=O) groups is 1. The molecule has 0 bridgehead atoms. The summed E-state index contributed by atoms with van der Waals surface area (Å²) in [6, 6.07) is 5.66. The third-order valence-corrected chi connectivity index (χ3v) is 3.12. The van der Waals surface area contributed by atoms with Crippen LogP contribution < -0.4 is 5.48 Å². The van der Waals surface area contributed by atoms with E-state index in [4.69, 9.17) is 5.21 Å². The molecule has 3 N–H and O–H groups in total. The Morgan fingerprint density at radius 1 is 1.18 bits per heavy atom. The number of hydrogen-bond donors (Lipinski definition) is 3. The molecule has 1 amide bonds. The zero-order valence-corrected chi connectivity index (χ0v) is 10.8. The Hall–Kier alpha value is -2.87. The average Bonchev–Trinajstić information content (AvgIpc) is 2.90. The van der Waals surface area contributed by atoms with Crippen LogP contribution in [-0.2, 0) is 0 Å². The van der Waals surface area contributed by atoms with Gasteiger partial charge in [0.25, 0.3) is 5.91 Å². The van der Waals surface area contributed by atoms with Crippen LogP contribution in [0.4, 0.5) is 13.2 Å². The Labute approximate surface area is 121 Å². The lowest BCUT2D eigenvalue weighted by Crippen LogP contribution is -2.19. The molecular formula is C14H8F3N3O2. The Balaban J connectivity index is 2.18. The number of imidazole rings is 1. The van der Waals surface area contributed by atoms with Gasteiger partial charge in [0.1, 0.15) is 11.6 Å². The maximum atomic E-state index is 13.8. The minimum absolute atomic E-state index is 0.00652. The van der Waals surface area contributed by atoms with E-state index in [1.807, 2.05) is 0 Å². The first kappa shape index (κ1) is 14.1. The van der Waals surface area contributed by atoms with Crippen molar-refractivity contribution >= 4 is 16.9 Å². The number of nitrogens with one attached hydrogen (secondary N) is 2. The largest absolute Gasteiger partial charge is 0.338 e. The maximum absolute atomic E-state index is 13.8. The van der Waals surface area contributed by atoms with Crippen molar-refractivity contribution in [3.63, 3.8) is 0 Å². The van der Waals surface area contributed by atoms with E-state index < -0.39 is 28.9 Å². The molecule has 0 saturated heterocycles. The second-order valence-corrected chi connectivity index (χ2v) is 4.48. The molecule has 3 aromatic rings. The number of H-pyrrole nitrogens is 1. The number of amides is 1. The number of aromatic amines is 1. The number of hydroxylamine groups is 1. The van der Waals surface area contributed by atoms with Gasteiger partial charge in [0, 0.05) is 6.07 Å². The molecule has 0 radical (unpaired) electrons. The van der Waals surface area contributed by atoms with Crippen molar-refractivity contribution in [3.05, 3.63) is 53.3 Å². The molecule has 22 heavy (non-hydrogen) atoms. The van der Waals surface area contributed by atoms with Gasteiger partial charge < -0.3 is 4.98 Å². The normalized spacial score (nSPS) is 10.9. The Morgan fingerprint density at radius 3 is 2.68 bits per heavy atom. The fraction of sp³-hybridized carbons (Fsp3) is 0. The van der Waals surface area contributed by atoms with Crippen LogP contribution >= 0.6 is 0 Å². The fourth-order valence-electron chi connectivity index (χ4n) is 2.08. The second kappa shape index (κ2) is 5.15. The highest BCUT2D eigenvalue weighted by molar-refractivity contribution is 5.97. The third-order valence-electron chi connectivity index (χ3n) is 3.12. The zero-order valence-electron chi connectivity index (χ0n) is 10.8. The number of aromatic nitrogens is 2. The summed E-state index contributed by atoms with van der Waals surface area (Å²) in [5.41, 5.74) is 1.14. The molecule has 0 atom stereocenters. The van der Waals surface area contributed by atoms with Crippen molar-refractivity contribution in [2.45, 2.75) is 0 Å². The minimum atomic E-state index is -1.09. The highest BCUT2D eigenvalue weighted by Gasteiger charge is 2.17. The van der Waals surface area contributed by atoms with Crippen LogP contribution in [0.25, 0.3) is 22.4 Å². The molecular weight excluding hydrogens is 299 g/mol. The first-order valence-corrected chi connectivity index (χ1v) is 6.09. The van der Waals surface area contributed by atoms with Gasteiger partial charge in [-0.3, -0.25) is 10.0 Å². The van der Waals surface area contributed by atoms with Crippen molar-refractivity contribution < 1.29 is 23.2 Å². The van der Waals surface area contributed by atoms with Crippen molar-refractivity contribution in [2.75, 3.05) is 0 Å². The standard InChI is InChI=1S/C14H8F3N3O2/c15-8-3-1-2-6(12(8)17)13-18-10-4-7(14(21)20-22)9(16)5-11(10)19-13/h1-5,22H,(H,18,19)(H,20,21).